The van der Waals surface area contributed by atoms with E-state index in [4.69, 9.17) is 0 Å². The van der Waals surface area contributed by atoms with Gasteiger partial charge in [-0.1, -0.05) is 47.0 Å². The van der Waals surface area contributed by atoms with Crippen LogP contribution in [0.15, 0.2) is 0 Å². The Labute approximate surface area is 183 Å². The fourth-order valence-corrected chi connectivity index (χ4v) is 10.8. The lowest BCUT2D eigenvalue weighted by Crippen LogP contribution is -2.60. The molecule has 0 radical (unpaired) electrons. The van der Waals surface area contributed by atoms with Crippen molar-refractivity contribution >= 4 is 10.0 Å². The summed E-state index contributed by atoms with van der Waals surface area (Å²) in [6.07, 6.45) is 7.69. The van der Waals surface area contributed by atoms with Crippen LogP contribution in [-0.4, -0.2) is 42.1 Å². The first-order valence-corrected chi connectivity index (χ1v) is 13.9. The SMILES string of the molecule is CC1CCC(NS(=O)(=O)C(C2CCCCC2)C23CCC(C(O)C2O)C3(C)C)CC1C. The highest BCUT2D eigenvalue weighted by Crippen LogP contribution is 2.69. The van der Waals surface area contributed by atoms with Gasteiger partial charge in [-0.2, -0.15) is 0 Å². The third kappa shape index (κ3) is 3.39. The van der Waals surface area contributed by atoms with Crippen LogP contribution in [-0.2, 0) is 10.0 Å². The Balaban J connectivity index is 1.70. The molecule has 0 aromatic heterocycles. The fraction of sp³-hybridized carbons (Fsp3) is 1.00. The first-order valence-electron chi connectivity index (χ1n) is 12.4. The second-order valence-electron chi connectivity index (χ2n) is 11.8. The molecule has 4 rings (SSSR count). The first kappa shape index (κ1) is 23.0. The van der Waals surface area contributed by atoms with Crippen LogP contribution < -0.4 is 4.72 Å². The van der Waals surface area contributed by atoms with Gasteiger partial charge in [0.25, 0.3) is 0 Å². The largest absolute Gasteiger partial charge is 0.390 e. The molecule has 0 aromatic rings. The van der Waals surface area contributed by atoms with Crippen LogP contribution >= 0.6 is 0 Å². The minimum absolute atomic E-state index is 0.00697. The molecular weight excluding hydrogens is 398 g/mol. The summed E-state index contributed by atoms with van der Waals surface area (Å²) in [6.45, 7) is 8.68. The van der Waals surface area contributed by atoms with E-state index in [0.717, 1.165) is 51.4 Å². The van der Waals surface area contributed by atoms with E-state index in [1.54, 1.807) is 0 Å². The smallest absolute Gasteiger partial charge is 0.215 e. The molecule has 4 aliphatic rings. The topological polar surface area (TPSA) is 86.6 Å². The maximum atomic E-state index is 14.1. The summed E-state index contributed by atoms with van der Waals surface area (Å²) in [7, 11) is -3.64. The lowest BCUT2D eigenvalue weighted by molar-refractivity contribution is -0.0693. The Bertz CT molecular complexity index is 731. The van der Waals surface area contributed by atoms with Gasteiger partial charge >= 0.3 is 0 Å². The standard InChI is InChI=1S/C24H43NO4S/c1-15-10-11-18(14-16(15)2)25-30(28,29)22(17-8-6-5-7-9-17)24-13-12-19(23(24,3)4)20(26)21(24)27/h15-22,25-27H,5-14H2,1-4H3. The third-order valence-electron chi connectivity index (χ3n) is 10.1. The van der Waals surface area contributed by atoms with Crippen molar-refractivity contribution in [3.63, 3.8) is 0 Å². The van der Waals surface area contributed by atoms with Crippen molar-refractivity contribution in [3.8, 4) is 0 Å². The van der Waals surface area contributed by atoms with Crippen LogP contribution in [0.1, 0.15) is 91.9 Å². The van der Waals surface area contributed by atoms with Crippen molar-refractivity contribution in [2.24, 2.45) is 34.5 Å². The number of hydrogen-bond donors (Lipinski definition) is 3. The molecule has 8 unspecified atom stereocenters. The Morgan fingerprint density at radius 1 is 0.933 bits per heavy atom. The summed E-state index contributed by atoms with van der Waals surface area (Å²) in [5.74, 6) is 1.20. The molecule has 0 heterocycles. The number of nitrogens with one attached hydrogen (secondary N) is 1. The molecule has 6 heteroatoms. The van der Waals surface area contributed by atoms with E-state index in [-0.39, 0.29) is 17.9 Å². The predicted molar refractivity (Wildman–Crippen MR) is 119 cm³/mol. The van der Waals surface area contributed by atoms with Gasteiger partial charge in [-0.05, 0) is 74.0 Å². The third-order valence-corrected chi connectivity index (χ3v) is 12.2. The average Bonchev–Trinajstić information content (AvgIpc) is 3.01. The molecule has 3 N–H and O–H groups in total. The van der Waals surface area contributed by atoms with Crippen molar-refractivity contribution in [1.29, 1.82) is 0 Å². The number of aliphatic hydroxyl groups excluding tert-OH is 2. The number of sulfonamides is 1. The van der Waals surface area contributed by atoms with E-state index in [0.29, 0.717) is 18.3 Å². The Kier molecular flexibility index (Phi) is 6.13. The number of hydrogen-bond acceptors (Lipinski definition) is 4. The predicted octanol–water partition coefficient (Wildman–Crippen LogP) is 3.84. The second-order valence-corrected chi connectivity index (χ2v) is 13.6. The van der Waals surface area contributed by atoms with E-state index in [1.165, 1.54) is 6.42 Å². The van der Waals surface area contributed by atoms with Gasteiger partial charge in [0.05, 0.1) is 17.5 Å². The quantitative estimate of drug-likeness (QED) is 0.605. The molecule has 5 nitrogen and oxygen atoms in total. The van der Waals surface area contributed by atoms with E-state index >= 15 is 0 Å². The highest BCUT2D eigenvalue weighted by atomic mass is 32.2. The van der Waals surface area contributed by atoms with Gasteiger partial charge in [-0.15, -0.1) is 0 Å². The molecule has 0 amide bonds. The molecule has 4 fully saturated rings. The van der Waals surface area contributed by atoms with Gasteiger partial charge in [0, 0.05) is 11.5 Å². The molecular formula is C24H43NO4S. The summed E-state index contributed by atoms with van der Waals surface area (Å²) in [4.78, 5) is 0. The van der Waals surface area contributed by atoms with Crippen molar-refractivity contribution in [1.82, 2.24) is 4.72 Å². The molecule has 0 saturated heterocycles. The molecule has 4 saturated carbocycles. The van der Waals surface area contributed by atoms with Crippen molar-refractivity contribution in [3.05, 3.63) is 0 Å². The first-order chi connectivity index (χ1) is 14.0. The number of fused-ring (bicyclic) bond motifs is 2. The minimum atomic E-state index is -3.64. The minimum Gasteiger partial charge on any atom is -0.390 e. The lowest BCUT2D eigenvalue weighted by atomic mass is 9.62. The normalized spacial score (nSPS) is 45.5. The van der Waals surface area contributed by atoms with Gasteiger partial charge in [0.15, 0.2) is 0 Å². The van der Waals surface area contributed by atoms with Gasteiger partial charge in [-0.25, -0.2) is 13.1 Å². The van der Waals surface area contributed by atoms with Gasteiger partial charge in [-0.3, -0.25) is 0 Å². The second kappa shape index (κ2) is 8.00. The van der Waals surface area contributed by atoms with Crippen molar-refractivity contribution < 1.29 is 18.6 Å². The summed E-state index contributed by atoms with van der Waals surface area (Å²) in [6, 6.07) is -0.00697. The molecule has 4 aliphatic carbocycles. The lowest BCUT2D eigenvalue weighted by Gasteiger charge is -2.50. The zero-order valence-corrected chi connectivity index (χ0v) is 20.1. The molecule has 0 spiro atoms. The molecule has 0 aromatic carbocycles. The molecule has 8 atom stereocenters. The molecule has 2 bridgehead atoms. The van der Waals surface area contributed by atoms with Crippen LogP contribution in [0.25, 0.3) is 0 Å². The van der Waals surface area contributed by atoms with E-state index in [2.05, 4.69) is 32.4 Å². The zero-order valence-electron chi connectivity index (χ0n) is 19.3. The maximum Gasteiger partial charge on any atom is 0.215 e. The van der Waals surface area contributed by atoms with Crippen LogP contribution in [0.5, 0.6) is 0 Å². The Morgan fingerprint density at radius 3 is 2.17 bits per heavy atom. The van der Waals surface area contributed by atoms with Crippen LogP contribution in [0.3, 0.4) is 0 Å². The number of rotatable bonds is 5. The Morgan fingerprint density at radius 2 is 1.60 bits per heavy atom. The summed E-state index contributed by atoms with van der Waals surface area (Å²) in [5, 5.41) is 21.5. The monoisotopic (exact) mass is 441 g/mol. The fourth-order valence-electron chi connectivity index (χ4n) is 8.10. The van der Waals surface area contributed by atoms with Gasteiger partial charge in [0.2, 0.25) is 10.0 Å². The zero-order chi connectivity index (χ0) is 21.9. The van der Waals surface area contributed by atoms with E-state index in [1.807, 2.05) is 0 Å². The van der Waals surface area contributed by atoms with Gasteiger partial charge < -0.3 is 10.2 Å². The van der Waals surface area contributed by atoms with Crippen LogP contribution in [0, 0.1) is 34.5 Å². The van der Waals surface area contributed by atoms with Crippen LogP contribution in [0.2, 0.25) is 0 Å². The summed E-state index contributed by atoms with van der Waals surface area (Å²) < 4.78 is 31.3. The Hall–Kier alpha value is -0.170. The van der Waals surface area contributed by atoms with E-state index in [9.17, 15) is 18.6 Å². The highest BCUT2D eigenvalue weighted by molar-refractivity contribution is 7.90. The van der Waals surface area contributed by atoms with E-state index < -0.39 is 38.3 Å². The maximum absolute atomic E-state index is 14.1. The highest BCUT2D eigenvalue weighted by Gasteiger charge is 2.73. The molecule has 174 valence electrons. The molecule has 30 heavy (non-hydrogen) atoms. The summed E-state index contributed by atoms with van der Waals surface area (Å²) in [5.41, 5.74) is -1.16. The number of aliphatic hydroxyl groups is 2. The summed E-state index contributed by atoms with van der Waals surface area (Å²) >= 11 is 0. The molecule has 0 aliphatic heterocycles. The van der Waals surface area contributed by atoms with Crippen molar-refractivity contribution in [2.75, 3.05) is 0 Å². The average molecular weight is 442 g/mol. The van der Waals surface area contributed by atoms with Crippen molar-refractivity contribution in [2.45, 2.75) is 115 Å². The van der Waals surface area contributed by atoms with Gasteiger partial charge in [0.1, 0.15) is 0 Å². The van der Waals surface area contributed by atoms with Crippen LogP contribution in [0.4, 0.5) is 0 Å².